The molecule has 2 aromatic carbocycles. The number of benzene rings is 2. The molecule has 6 heteroatoms. The molecule has 1 N–H and O–H groups in total. The number of aliphatic imine (C=N–C) groups is 1. The minimum Gasteiger partial charge on any atom is -0.367 e. The summed E-state index contributed by atoms with van der Waals surface area (Å²) in [7, 11) is 0. The third-order valence-electron chi connectivity index (χ3n) is 2.59. The average Bonchev–Trinajstić information content (AvgIpc) is 2.48. The topological polar surface area (TPSA) is 41.5 Å². The summed E-state index contributed by atoms with van der Waals surface area (Å²) in [4.78, 5) is 14.8. The van der Waals surface area contributed by atoms with Gasteiger partial charge in [-0.15, -0.1) is 48.5 Å². The van der Waals surface area contributed by atoms with E-state index in [0.717, 1.165) is 22.5 Å². The van der Waals surface area contributed by atoms with Crippen molar-refractivity contribution in [3.8, 4) is 0 Å². The maximum Gasteiger partial charge on any atom is 1.00 e. The predicted octanol–water partition coefficient (Wildman–Crippen LogP) is -1.84. The van der Waals surface area contributed by atoms with E-state index in [-0.39, 0.29) is 65.0 Å². The van der Waals surface area contributed by atoms with Crippen molar-refractivity contribution in [2.45, 2.75) is 6.92 Å². The molecule has 1 amide bonds. The van der Waals surface area contributed by atoms with Gasteiger partial charge in [-0.3, -0.25) is 4.79 Å². The SMILES string of the molecule is CC(=O)Nc1c[c-]c(C=Cc2[c-]cc(N=C=S)cc2)cc1.[Na+].[Na+]. The van der Waals surface area contributed by atoms with Gasteiger partial charge in [0.25, 0.3) is 0 Å². The van der Waals surface area contributed by atoms with Crippen LogP contribution in [0.4, 0.5) is 11.4 Å². The Balaban J connectivity index is 0.00000242. The van der Waals surface area contributed by atoms with Crippen LogP contribution in [0.15, 0.2) is 41.4 Å². The number of hydrogen-bond donors (Lipinski definition) is 1. The number of isothiocyanates is 1. The molecule has 0 heterocycles. The van der Waals surface area contributed by atoms with E-state index in [0.29, 0.717) is 0 Å². The first-order chi connectivity index (χ1) is 10.2. The summed E-state index contributed by atoms with van der Waals surface area (Å²) in [5, 5.41) is 5.01. The fourth-order valence-corrected chi connectivity index (χ4v) is 1.76. The maximum absolute atomic E-state index is 10.9. The fourth-order valence-electron chi connectivity index (χ4n) is 1.66. The Morgan fingerprint density at radius 3 is 2.17 bits per heavy atom. The van der Waals surface area contributed by atoms with Gasteiger partial charge in [-0.25, -0.2) is 4.99 Å². The Hall–Kier alpha value is -0.550. The third kappa shape index (κ3) is 8.20. The van der Waals surface area contributed by atoms with Crippen LogP contribution in [0.25, 0.3) is 12.2 Å². The van der Waals surface area contributed by atoms with E-state index in [4.69, 9.17) is 0 Å². The van der Waals surface area contributed by atoms with E-state index >= 15 is 0 Å². The molecule has 2 rings (SSSR count). The van der Waals surface area contributed by atoms with Crippen LogP contribution < -0.4 is 64.4 Å². The second-order valence-electron chi connectivity index (χ2n) is 4.25. The van der Waals surface area contributed by atoms with Crippen molar-refractivity contribution in [1.82, 2.24) is 0 Å². The van der Waals surface area contributed by atoms with Crippen LogP contribution in [-0.2, 0) is 4.79 Å². The van der Waals surface area contributed by atoms with Crippen molar-refractivity contribution in [3.05, 3.63) is 59.7 Å². The van der Waals surface area contributed by atoms with E-state index in [2.05, 4.69) is 39.8 Å². The molecule has 3 nitrogen and oxygen atoms in total. The Bertz CT molecular complexity index is 706. The molecule has 0 unspecified atom stereocenters. The molecule has 0 atom stereocenters. The number of anilines is 1. The number of nitrogens with one attached hydrogen (secondary N) is 1. The number of carbonyl (C=O) groups is 1. The Morgan fingerprint density at radius 1 is 1.13 bits per heavy atom. The van der Waals surface area contributed by atoms with Crippen LogP contribution in [-0.4, -0.2) is 11.1 Å². The van der Waals surface area contributed by atoms with Crippen LogP contribution in [0, 0.1) is 12.1 Å². The van der Waals surface area contributed by atoms with Crippen molar-refractivity contribution >= 4 is 46.8 Å². The number of thiocarbonyl (C=S) groups is 1. The third-order valence-corrected chi connectivity index (χ3v) is 2.69. The van der Waals surface area contributed by atoms with Gasteiger partial charge in [0, 0.05) is 6.92 Å². The summed E-state index contributed by atoms with van der Waals surface area (Å²) in [6.45, 7) is 1.47. The second-order valence-corrected chi connectivity index (χ2v) is 4.44. The van der Waals surface area contributed by atoms with Gasteiger partial charge in [-0.2, -0.15) is 23.3 Å². The Morgan fingerprint density at radius 2 is 1.74 bits per heavy atom. The Labute approximate surface area is 185 Å². The van der Waals surface area contributed by atoms with E-state index in [1.165, 1.54) is 6.92 Å². The van der Waals surface area contributed by atoms with Gasteiger partial charge in [0.2, 0.25) is 5.91 Å². The van der Waals surface area contributed by atoms with E-state index in [9.17, 15) is 4.79 Å². The first-order valence-electron chi connectivity index (χ1n) is 6.24. The van der Waals surface area contributed by atoms with Gasteiger partial charge in [-0.05, 0) is 23.6 Å². The fraction of sp³-hybridized carbons (Fsp3) is 0.0588. The largest absolute Gasteiger partial charge is 1.00 e. The van der Waals surface area contributed by atoms with Gasteiger partial charge >= 0.3 is 59.1 Å². The van der Waals surface area contributed by atoms with E-state index in [1.54, 1.807) is 12.1 Å². The van der Waals surface area contributed by atoms with Crippen molar-refractivity contribution in [3.63, 3.8) is 0 Å². The molecule has 0 aliphatic rings. The summed E-state index contributed by atoms with van der Waals surface area (Å²) in [6, 6.07) is 17.1. The van der Waals surface area contributed by atoms with Crippen LogP contribution in [0.1, 0.15) is 18.1 Å². The number of hydrogen-bond acceptors (Lipinski definition) is 3. The summed E-state index contributed by atoms with van der Waals surface area (Å²) < 4.78 is 0. The molecule has 0 fully saturated rings. The van der Waals surface area contributed by atoms with E-state index < -0.39 is 0 Å². The van der Waals surface area contributed by atoms with Gasteiger partial charge in [0.1, 0.15) is 0 Å². The van der Waals surface area contributed by atoms with Gasteiger partial charge in [0.05, 0.1) is 5.16 Å². The first kappa shape index (κ1) is 22.4. The van der Waals surface area contributed by atoms with Gasteiger partial charge in [0.15, 0.2) is 0 Å². The minimum atomic E-state index is -0.0969. The maximum atomic E-state index is 10.9. The molecule has 2 aromatic rings. The van der Waals surface area contributed by atoms with Crippen molar-refractivity contribution in [2.24, 2.45) is 4.99 Å². The van der Waals surface area contributed by atoms with Crippen LogP contribution in [0.5, 0.6) is 0 Å². The molecule has 0 aromatic heterocycles. The molecular weight excluding hydrogens is 326 g/mol. The molecule has 23 heavy (non-hydrogen) atoms. The van der Waals surface area contributed by atoms with Crippen molar-refractivity contribution in [2.75, 3.05) is 5.32 Å². The average molecular weight is 338 g/mol. The summed E-state index contributed by atoms with van der Waals surface area (Å²) >= 11 is 4.54. The number of carbonyl (C=O) groups excluding carboxylic acids is 1. The zero-order valence-corrected chi connectivity index (χ0v) is 18.2. The molecule has 0 radical (unpaired) electrons. The zero-order chi connectivity index (χ0) is 15.1. The number of rotatable bonds is 4. The monoisotopic (exact) mass is 338 g/mol. The summed E-state index contributed by atoms with van der Waals surface area (Å²) in [5.41, 5.74) is 3.30. The Kier molecular flexibility index (Phi) is 11.6. The first-order valence-corrected chi connectivity index (χ1v) is 6.65. The molecule has 0 saturated carbocycles. The molecule has 0 spiro atoms. The number of amides is 1. The minimum absolute atomic E-state index is 0. The van der Waals surface area contributed by atoms with Crippen molar-refractivity contribution in [1.29, 1.82) is 0 Å². The van der Waals surface area contributed by atoms with Crippen LogP contribution >= 0.6 is 12.2 Å². The molecular formula is C17H12N2Na2OS. The molecule has 0 bridgehead atoms. The molecule has 0 saturated heterocycles. The number of nitrogens with zero attached hydrogens (tertiary/aromatic N) is 1. The normalized spacial score (nSPS) is 9.26. The smallest absolute Gasteiger partial charge is 0.367 e. The predicted molar refractivity (Wildman–Crippen MR) is 88.5 cm³/mol. The second kappa shape index (κ2) is 11.9. The van der Waals surface area contributed by atoms with Crippen LogP contribution in [0.3, 0.4) is 0 Å². The van der Waals surface area contributed by atoms with Crippen LogP contribution in [0.2, 0.25) is 0 Å². The summed E-state index contributed by atoms with van der Waals surface area (Å²) in [5.74, 6) is -0.0969. The molecule has 0 aliphatic heterocycles. The summed E-state index contributed by atoms with van der Waals surface area (Å²) in [6.07, 6.45) is 3.85. The molecule has 104 valence electrons. The van der Waals surface area contributed by atoms with Crippen molar-refractivity contribution < 1.29 is 63.9 Å². The standard InChI is InChI=1S/C17H12N2OS.2Na/c1-13(20)19-17-10-6-15(7-11-17)3-2-14-4-8-16(9-5-14)18-12-21;;/h2-4,6,8-11H,1H3,(H,19,20);;/q-2;2*+1. The van der Waals surface area contributed by atoms with Gasteiger partial charge < -0.3 is 5.32 Å². The quantitative estimate of drug-likeness (QED) is 0.234. The van der Waals surface area contributed by atoms with Gasteiger partial charge in [-0.1, -0.05) is 0 Å². The molecule has 0 aliphatic carbocycles. The van der Waals surface area contributed by atoms with E-state index in [1.807, 2.05) is 36.4 Å². The zero-order valence-electron chi connectivity index (χ0n) is 13.4.